The second-order valence-electron chi connectivity index (χ2n) is 4.15. The second-order valence-corrected chi connectivity index (χ2v) is 4.15. The fourth-order valence-corrected chi connectivity index (χ4v) is 1.57. The lowest BCUT2D eigenvalue weighted by Crippen LogP contribution is -2.09. The first-order valence-corrected chi connectivity index (χ1v) is 5.72. The number of methoxy groups -OCH3 is 1. The summed E-state index contributed by atoms with van der Waals surface area (Å²) in [4.78, 5) is 3.17. The van der Waals surface area contributed by atoms with E-state index in [1.165, 1.54) is 38.8 Å². The van der Waals surface area contributed by atoms with Crippen LogP contribution in [0.4, 0.5) is 13.2 Å². The van der Waals surface area contributed by atoms with E-state index in [1.807, 2.05) is 0 Å². The zero-order chi connectivity index (χ0) is 13.6. The van der Waals surface area contributed by atoms with Crippen molar-refractivity contribution in [3.63, 3.8) is 0 Å². The Morgan fingerprint density at radius 1 is 1.44 bits per heavy atom. The molecule has 3 nitrogen and oxygen atoms in total. The zero-order valence-electron chi connectivity index (χ0n) is 10.4. The van der Waals surface area contributed by atoms with Crippen molar-refractivity contribution in [1.29, 1.82) is 0 Å². The van der Waals surface area contributed by atoms with E-state index in [0.717, 1.165) is 12.1 Å². The van der Waals surface area contributed by atoms with Crippen molar-refractivity contribution in [2.45, 2.75) is 19.5 Å². The van der Waals surface area contributed by atoms with Crippen LogP contribution < -0.4 is 10.1 Å². The van der Waals surface area contributed by atoms with Crippen LogP contribution in [0.1, 0.15) is 19.0 Å². The lowest BCUT2D eigenvalue weighted by molar-refractivity contribution is -0.142. The van der Waals surface area contributed by atoms with Gasteiger partial charge in [-0.2, -0.15) is 13.2 Å². The molecule has 0 saturated carbocycles. The van der Waals surface area contributed by atoms with Gasteiger partial charge < -0.3 is 10.1 Å². The summed E-state index contributed by atoms with van der Waals surface area (Å²) in [5, 5.41) is 3.27. The number of hydrogen-bond acceptors (Lipinski definition) is 3. The van der Waals surface area contributed by atoms with E-state index < -0.39 is 11.9 Å². The molecule has 6 heteroatoms. The number of nitrogens with zero attached hydrogens (tertiary/aromatic N) is 1. The van der Waals surface area contributed by atoms with Crippen molar-refractivity contribution in [2.24, 2.45) is 5.92 Å². The van der Waals surface area contributed by atoms with Crippen LogP contribution in [0.2, 0.25) is 0 Å². The summed E-state index contributed by atoms with van der Waals surface area (Å²) in [6.07, 6.45) is -2.00. The Kier molecular flexibility index (Phi) is 5.40. The quantitative estimate of drug-likeness (QED) is 0.845. The van der Waals surface area contributed by atoms with Gasteiger partial charge in [-0.05, 0) is 37.6 Å². The molecule has 1 saturated heterocycles. The number of aromatic nitrogens is 1. The maximum absolute atomic E-state index is 12.1. The van der Waals surface area contributed by atoms with Crippen LogP contribution in [0.25, 0.3) is 0 Å². The topological polar surface area (TPSA) is 34.1 Å². The molecule has 1 aromatic heterocycles. The average Bonchev–Trinajstić information content (AvgIpc) is 2.80. The molecule has 1 fully saturated rings. The Bertz CT molecular complexity index is 363. The van der Waals surface area contributed by atoms with E-state index in [-0.39, 0.29) is 5.75 Å². The van der Waals surface area contributed by atoms with E-state index >= 15 is 0 Å². The van der Waals surface area contributed by atoms with Crippen molar-refractivity contribution >= 4 is 0 Å². The number of alkyl halides is 3. The maximum Gasteiger partial charge on any atom is 0.437 e. The first-order valence-electron chi connectivity index (χ1n) is 5.72. The first kappa shape index (κ1) is 14.8. The van der Waals surface area contributed by atoms with Gasteiger partial charge in [0.25, 0.3) is 0 Å². The Hall–Kier alpha value is -1.30. The molecule has 1 atom stereocenters. The summed E-state index contributed by atoms with van der Waals surface area (Å²) >= 11 is 0. The molecule has 0 aliphatic carbocycles. The molecule has 0 amide bonds. The fraction of sp³-hybridized carbons (Fsp3) is 0.583. The van der Waals surface area contributed by atoms with Crippen molar-refractivity contribution < 1.29 is 17.9 Å². The van der Waals surface area contributed by atoms with Crippen molar-refractivity contribution in [3.05, 3.63) is 24.0 Å². The van der Waals surface area contributed by atoms with Gasteiger partial charge in [0, 0.05) is 6.20 Å². The lowest BCUT2D eigenvalue weighted by Gasteiger charge is -2.08. The summed E-state index contributed by atoms with van der Waals surface area (Å²) in [6, 6.07) is 2.60. The van der Waals surface area contributed by atoms with Crippen LogP contribution in [-0.4, -0.2) is 25.2 Å². The molecule has 1 unspecified atom stereocenters. The van der Waals surface area contributed by atoms with Gasteiger partial charge in [-0.1, -0.05) is 6.92 Å². The van der Waals surface area contributed by atoms with E-state index in [0.29, 0.717) is 0 Å². The zero-order valence-corrected chi connectivity index (χ0v) is 10.4. The number of pyridine rings is 1. The number of halogens is 3. The van der Waals surface area contributed by atoms with Crippen LogP contribution in [0, 0.1) is 5.92 Å². The number of nitrogens with one attached hydrogen (secondary N) is 1. The van der Waals surface area contributed by atoms with Gasteiger partial charge >= 0.3 is 6.18 Å². The third-order valence-electron chi connectivity index (χ3n) is 2.57. The summed E-state index contributed by atoms with van der Waals surface area (Å²) in [6.45, 7) is 4.75. The summed E-state index contributed by atoms with van der Waals surface area (Å²) in [5.41, 5.74) is -0.993. The van der Waals surface area contributed by atoms with Crippen LogP contribution in [0.3, 0.4) is 0 Å². The van der Waals surface area contributed by atoms with E-state index in [1.54, 1.807) is 0 Å². The Labute approximate surface area is 104 Å². The second kappa shape index (κ2) is 6.58. The third kappa shape index (κ3) is 4.52. The molecule has 1 N–H and O–H groups in total. The standard InChI is InChI=1S/C7H6F3NO.C5H11N/c1-12-5-3-2-4-11-6(5)7(8,9)10;1-5-2-3-6-4-5/h2-4H,1H3;5-6H,2-4H2,1H3. The molecule has 0 aromatic carbocycles. The first-order chi connectivity index (χ1) is 8.45. The van der Waals surface area contributed by atoms with Crippen molar-refractivity contribution in [2.75, 3.05) is 20.2 Å². The smallest absolute Gasteiger partial charge is 0.437 e. The monoisotopic (exact) mass is 262 g/mol. The van der Waals surface area contributed by atoms with Gasteiger partial charge in [0.05, 0.1) is 7.11 Å². The predicted molar refractivity (Wildman–Crippen MR) is 62.4 cm³/mol. The van der Waals surface area contributed by atoms with Crippen molar-refractivity contribution in [1.82, 2.24) is 10.3 Å². The summed E-state index contributed by atoms with van der Waals surface area (Å²) in [5.74, 6) is 0.676. The predicted octanol–water partition coefficient (Wildman–Crippen LogP) is 2.72. The molecule has 0 bridgehead atoms. The lowest BCUT2D eigenvalue weighted by atomic mass is 10.2. The van der Waals surface area contributed by atoms with Gasteiger partial charge in [0.15, 0.2) is 5.69 Å². The molecule has 2 rings (SSSR count). The van der Waals surface area contributed by atoms with Crippen LogP contribution in [0.5, 0.6) is 5.75 Å². The highest BCUT2D eigenvalue weighted by molar-refractivity contribution is 5.28. The summed E-state index contributed by atoms with van der Waals surface area (Å²) < 4.78 is 40.8. The maximum atomic E-state index is 12.1. The molecule has 1 aliphatic rings. The summed E-state index contributed by atoms with van der Waals surface area (Å²) in [7, 11) is 1.17. The molecular weight excluding hydrogens is 245 g/mol. The van der Waals surface area contributed by atoms with E-state index in [2.05, 4.69) is 22.0 Å². The molecule has 0 spiro atoms. The SMILES string of the molecule is CC1CCNC1.COc1cccnc1C(F)(F)F. The minimum absolute atomic E-state index is 0.259. The van der Waals surface area contributed by atoms with Crippen molar-refractivity contribution in [3.8, 4) is 5.75 Å². The minimum Gasteiger partial charge on any atom is -0.494 e. The number of ether oxygens (including phenoxy) is 1. The van der Waals surface area contributed by atoms with Gasteiger partial charge in [0.1, 0.15) is 5.75 Å². The molecule has 102 valence electrons. The minimum atomic E-state index is -4.45. The molecule has 1 aliphatic heterocycles. The molecule has 1 aromatic rings. The molecule has 0 radical (unpaired) electrons. The molecule has 18 heavy (non-hydrogen) atoms. The van der Waals surface area contributed by atoms with E-state index in [9.17, 15) is 13.2 Å². The third-order valence-corrected chi connectivity index (χ3v) is 2.57. The highest BCUT2D eigenvalue weighted by atomic mass is 19.4. The van der Waals surface area contributed by atoms with Gasteiger partial charge in [-0.3, -0.25) is 0 Å². The molecule has 2 heterocycles. The van der Waals surface area contributed by atoms with E-state index in [4.69, 9.17) is 0 Å². The highest BCUT2D eigenvalue weighted by Gasteiger charge is 2.35. The van der Waals surface area contributed by atoms with Gasteiger partial charge in [0.2, 0.25) is 0 Å². The number of hydrogen-bond donors (Lipinski definition) is 1. The highest BCUT2D eigenvalue weighted by Crippen LogP contribution is 2.33. The Balaban J connectivity index is 0.000000225. The molecular formula is C12H17F3N2O. The van der Waals surface area contributed by atoms with Crippen LogP contribution >= 0.6 is 0 Å². The van der Waals surface area contributed by atoms with Crippen LogP contribution in [0.15, 0.2) is 18.3 Å². The number of rotatable bonds is 1. The largest absolute Gasteiger partial charge is 0.494 e. The Morgan fingerprint density at radius 2 is 2.17 bits per heavy atom. The normalized spacial score (nSPS) is 19.1. The van der Waals surface area contributed by atoms with Gasteiger partial charge in [-0.25, -0.2) is 4.98 Å². The Morgan fingerprint density at radius 3 is 2.50 bits per heavy atom. The van der Waals surface area contributed by atoms with Gasteiger partial charge in [-0.15, -0.1) is 0 Å². The average molecular weight is 262 g/mol. The van der Waals surface area contributed by atoms with Crippen LogP contribution in [-0.2, 0) is 6.18 Å². The fourth-order valence-electron chi connectivity index (χ4n) is 1.57.